The quantitative estimate of drug-likeness (QED) is 0.825. The van der Waals surface area contributed by atoms with Gasteiger partial charge in [-0.25, -0.2) is 4.98 Å². The van der Waals surface area contributed by atoms with Gasteiger partial charge < -0.3 is 14.8 Å². The highest BCUT2D eigenvalue weighted by atomic mass is 16.7. The highest BCUT2D eigenvalue weighted by molar-refractivity contribution is 5.35. The summed E-state index contributed by atoms with van der Waals surface area (Å²) in [4.78, 5) is 4.26. The molecule has 2 heterocycles. The van der Waals surface area contributed by atoms with Crippen molar-refractivity contribution >= 4 is 5.82 Å². The lowest BCUT2D eigenvalue weighted by Crippen LogP contribution is -2.28. The summed E-state index contributed by atoms with van der Waals surface area (Å²) >= 11 is 0. The molecule has 16 heavy (non-hydrogen) atoms. The van der Waals surface area contributed by atoms with E-state index in [1.165, 1.54) is 0 Å². The van der Waals surface area contributed by atoms with Crippen molar-refractivity contribution in [3.05, 3.63) is 24.4 Å². The molecule has 2 aliphatic rings. The first-order chi connectivity index (χ1) is 7.86. The van der Waals surface area contributed by atoms with Gasteiger partial charge in [-0.15, -0.1) is 0 Å². The second-order valence-corrected chi connectivity index (χ2v) is 4.41. The van der Waals surface area contributed by atoms with Crippen molar-refractivity contribution in [1.82, 2.24) is 4.98 Å². The maximum absolute atomic E-state index is 5.69. The summed E-state index contributed by atoms with van der Waals surface area (Å²) in [5.74, 6) is 0.634. The van der Waals surface area contributed by atoms with Gasteiger partial charge in [0.25, 0.3) is 0 Å². The minimum absolute atomic E-state index is 0.299. The number of nitrogens with one attached hydrogen (secondary N) is 1. The lowest BCUT2D eigenvalue weighted by atomic mass is 10.2. The van der Waals surface area contributed by atoms with E-state index in [0.717, 1.165) is 38.3 Å². The Morgan fingerprint density at radius 2 is 2.19 bits per heavy atom. The van der Waals surface area contributed by atoms with Crippen LogP contribution in [0.1, 0.15) is 19.3 Å². The van der Waals surface area contributed by atoms with Crippen molar-refractivity contribution in [2.45, 2.75) is 31.1 Å². The number of ether oxygens (including phenoxy) is 2. The van der Waals surface area contributed by atoms with Gasteiger partial charge in [0.05, 0.1) is 13.2 Å². The Kier molecular flexibility index (Phi) is 2.53. The first-order valence-electron chi connectivity index (χ1n) is 5.82. The Labute approximate surface area is 95.0 Å². The molecule has 1 aliphatic carbocycles. The van der Waals surface area contributed by atoms with Crippen LogP contribution in [-0.4, -0.2) is 30.0 Å². The van der Waals surface area contributed by atoms with Gasteiger partial charge >= 0.3 is 0 Å². The van der Waals surface area contributed by atoms with Gasteiger partial charge in [0, 0.05) is 25.1 Å². The van der Waals surface area contributed by atoms with E-state index in [1.807, 2.05) is 18.2 Å². The van der Waals surface area contributed by atoms with Gasteiger partial charge in [0.1, 0.15) is 5.82 Å². The lowest BCUT2D eigenvalue weighted by molar-refractivity contribution is -0.150. The molecule has 1 aromatic heterocycles. The topological polar surface area (TPSA) is 43.4 Å². The largest absolute Gasteiger partial charge is 0.367 e. The standard InChI is InChI=1S/C12H16N2O2/c1-2-6-13-11(3-1)14-10-4-5-12(9-10)15-7-8-16-12/h1-3,6,10H,4-5,7-9H2,(H,13,14). The van der Waals surface area contributed by atoms with Crippen molar-refractivity contribution in [1.29, 1.82) is 0 Å². The van der Waals surface area contributed by atoms with E-state index in [0.29, 0.717) is 6.04 Å². The molecule has 1 spiro atoms. The summed E-state index contributed by atoms with van der Waals surface area (Å²) in [5.41, 5.74) is 0. The second kappa shape index (κ2) is 4.03. The van der Waals surface area contributed by atoms with Crippen LogP contribution in [0.4, 0.5) is 5.82 Å². The molecule has 1 N–H and O–H groups in total. The number of nitrogens with zero attached hydrogens (tertiary/aromatic N) is 1. The fraction of sp³-hybridized carbons (Fsp3) is 0.583. The number of hydrogen-bond donors (Lipinski definition) is 1. The summed E-state index contributed by atoms with van der Waals surface area (Å²) in [7, 11) is 0. The molecular formula is C12H16N2O2. The van der Waals surface area contributed by atoms with E-state index in [9.17, 15) is 0 Å². The maximum Gasteiger partial charge on any atom is 0.170 e. The molecule has 1 saturated heterocycles. The predicted octanol–water partition coefficient (Wildman–Crippen LogP) is 1.79. The average molecular weight is 220 g/mol. The van der Waals surface area contributed by atoms with Crippen LogP contribution in [0.25, 0.3) is 0 Å². The van der Waals surface area contributed by atoms with E-state index in [2.05, 4.69) is 10.3 Å². The van der Waals surface area contributed by atoms with E-state index in [1.54, 1.807) is 6.20 Å². The molecule has 1 atom stereocenters. The van der Waals surface area contributed by atoms with Crippen molar-refractivity contribution in [2.75, 3.05) is 18.5 Å². The second-order valence-electron chi connectivity index (χ2n) is 4.41. The fourth-order valence-electron chi connectivity index (χ4n) is 2.51. The molecule has 0 bridgehead atoms. The third-order valence-corrected chi connectivity index (χ3v) is 3.26. The zero-order valence-corrected chi connectivity index (χ0v) is 9.19. The summed E-state index contributed by atoms with van der Waals surface area (Å²) in [6, 6.07) is 6.31. The number of hydrogen-bond acceptors (Lipinski definition) is 4. The Morgan fingerprint density at radius 3 is 2.94 bits per heavy atom. The first kappa shape index (κ1) is 10.1. The van der Waals surface area contributed by atoms with Crippen LogP contribution in [0.3, 0.4) is 0 Å². The zero-order chi connectivity index (χ0) is 10.8. The third kappa shape index (κ3) is 1.90. The van der Waals surface area contributed by atoms with Crippen LogP contribution in [0.5, 0.6) is 0 Å². The van der Waals surface area contributed by atoms with E-state index < -0.39 is 0 Å². The fourth-order valence-corrected chi connectivity index (χ4v) is 2.51. The van der Waals surface area contributed by atoms with Gasteiger partial charge in [-0.1, -0.05) is 6.07 Å². The number of aromatic nitrogens is 1. The van der Waals surface area contributed by atoms with Gasteiger partial charge in [-0.05, 0) is 18.6 Å². The molecule has 1 aliphatic heterocycles. The molecule has 4 heteroatoms. The van der Waals surface area contributed by atoms with E-state index in [4.69, 9.17) is 9.47 Å². The Hall–Kier alpha value is -1.13. The number of pyridine rings is 1. The molecule has 1 unspecified atom stereocenters. The first-order valence-corrected chi connectivity index (χ1v) is 5.82. The predicted molar refractivity (Wildman–Crippen MR) is 60.1 cm³/mol. The minimum Gasteiger partial charge on any atom is -0.367 e. The summed E-state index contributed by atoms with van der Waals surface area (Å²) in [6.45, 7) is 1.46. The van der Waals surface area contributed by atoms with Gasteiger partial charge in [-0.3, -0.25) is 0 Å². The van der Waals surface area contributed by atoms with Crippen molar-refractivity contribution < 1.29 is 9.47 Å². The molecule has 3 rings (SSSR count). The smallest absolute Gasteiger partial charge is 0.170 e. The molecule has 86 valence electrons. The lowest BCUT2D eigenvalue weighted by Gasteiger charge is -2.21. The number of anilines is 1. The van der Waals surface area contributed by atoms with Crippen LogP contribution in [0.15, 0.2) is 24.4 Å². The SMILES string of the molecule is c1ccc(NC2CCC3(C2)OCCO3)nc1. The number of rotatable bonds is 2. The molecule has 0 amide bonds. The molecular weight excluding hydrogens is 204 g/mol. The van der Waals surface area contributed by atoms with Crippen LogP contribution < -0.4 is 5.32 Å². The highest BCUT2D eigenvalue weighted by Gasteiger charge is 2.44. The minimum atomic E-state index is -0.299. The van der Waals surface area contributed by atoms with Gasteiger partial charge in [0.2, 0.25) is 0 Å². The monoisotopic (exact) mass is 220 g/mol. The average Bonchev–Trinajstić information content (AvgIpc) is 2.92. The summed E-state index contributed by atoms with van der Waals surface area (Å²) in [6.07, 6.45) is 4.78. The zero-order valence-electron chi connectivity index (χ0n) is 9.19. The molecule has 2 fully saturated rings. The van der Waals surface area contributed by atoms with Crippen molar-refractivity contribution in [3.63, 3.8) is 0 Å². The molecule has 0 radical (unpaired) electrons. The molecule has 0 aromatic carbocycles. The third-order valence-electron chi connectivity index (χ3n) is 3.26. The van der Waals surface area contributed by atoms with Crippen molar-refractivity contribution in [3.8, 4) is 0 Å². The normalized spacial score (nSPS) is 27.4. The van der Waals surface area contributed by atoms with Crippen LogP contribution in [0.2, 0.25) is 0 Å². The highest BCUT2D eigenvalue weighted by Crippen LogP contribution is 2.38. The maximum atomic E-state index is 5.69. The molecule has 1 saturated carbocycles. The van der Waals surface area contributed by atoms with Crippen LogP contribution >= 0.6 is 0 Å². The Balaban J connectivity index is 1.62. The van der Waals surface area contributed by atoms with E-state index in [-0.39, 0.29) is 5.79 Å². The Morgan fingerprint density at radius 1 is 1.31 bits per heavy atom. The van der Waals surface area contributed by atoms with Gasteiger partial charge in [-0.2, -0.15) is 0 Å². The van der Waals surface area contributed by atoms with Crippen LogP contribution in [-0.2, 0) is 9.47 Å². The van der Waals surface area contributed by atoms with Crippen LogP contribution in [0, 0.1) is 0 Å². The van der Waals surface area contributed by atoms with Gasteiger partial charge in [0.15, 0.2) is 5.79 Å². The van der Waals surface area contributed by atoms with E-state index >= 15 is 0 Å². The Bertz CT molecular complexity index is 349. The molecule has 1 aromatic rings. The van der Waals surface area contributed by atoms with Crippen molar-refractivity contribution in [2.24, 2.45) is 0 Å². The molecule has 4 nitrogen and oxygen atoms in total. The summed E-state index contributed by atoms with van der Waals surface area (Å²) in [5, 5.41) is 3.42. The summed E-state index contributed by atoms with van der Waals surface area (Å²) < 4.78 is 11.4.